The van der Waals surface area contributed by atoms with Gasteiger partial charge in [0.15, 0.2) is 5.71 Å². The molecule has 10 heteroatoms. The van der Waals surface area contributed by atoms with E-state index in [9.17, 15) is 22.6 Å². The van der Waals surface area contributed by atoms with Gasteiger partial charge in [-0.3, -0.25) is 4.79 Å². The number of carbonyl (C=O) groups excluding carboxylic acids is 1. The Morgan fingerprint density at radius 2 is 1.58 bits per heavy atom. The average molecular weight is 671 g/mol. The van der Waals surface area contributed by atoms with Gasteiger partial charge in [0, 0.05) is 47.5 Å². The van der Waals surface area contributed by atoms with Crippen LogP contribution in [0, 0.1) is 0 Å². The van der Waals surface area contributed by atoms with E-state index < -0.39 is 27.5 Å². The van der Waals surface area contributed by atoms with Crippen LogP contribution in [-0.4, -0.2) is 61.0 Å². The first-order chi connectivity index (χ1) is 22.6. The number of fused-ring (bicyclic) bond motifs is 2. The van der Waals surface area contributed by atoms with E-state index in [0.29, 0.717) is 31.4 Å². The number of benzene rings is 3. The molecule has 0 aliphatic carbocycles. The molecule has 0 saturated carbocycles. The summed E-state index contributed by atoms with van der Waals surface area (Å²) in [5.74, 6) is -1.26. The second-order valence-corrected chi connectivity index (χ2v) is 14.8. The van der Waals surface area contributed by atoms with Gasteiger partial charge in [0.25, 0.3) is 0 Å². The smallest absolute Gasteiger partial charge is 0.337 e. The Bertz CT molecular complexity index is 1970. The fourth-order valence-corrected chi connectivity index (χ4v) is 7.41. The van der Waals surface area contributed by atoms with Crippen molar-refractivity contribution >= 4 is 44.7 Å². The maximum atomic E-state index is 12.3. The van der Waals surface area contributed by atoms with Crippen molar-refractivity contribution in [3.05, 3.63) is 107 Å². The summed E-state index contributed by atoms with van der Waals surface area (Å²) >= 11 is 0. The molecule has 1 N–H and O–H groups in total. The molecule has 0 saturated heterocycles. The van der Waals surface area contributed by atoms with Gasteiger partial charge in [-0.15, -0.1) is 0 Å². The molecule has 0 atom stereocenters. The number of hydrogen-bond acceptors (Lipinski definition) is 7. The molecule has 0 unspecified atom stereocenters. The van der Waals surface area contributed by atoms with Crippen LogP contribution in [-0.2, 0) is 30.5 Å². The molecule has 0 radical (unpaired) electrons. The lowest BCUT2D eigenvalue weighted by molar-refractivity contribution is -0.401. The quantitative estimate of drug-likeness (QED) is 0.102. The molecule has 0 fully saturated rings. The van der Waals surface area contributed by atoms with E-state index in [1.54, 1.807) is 18.2 Å². The Morgan fingerprint density at radius 3 is 2.21 bits per heavy atom. The van der Waals surface area contributed by atoms with Crippen molar-refractivity contribution in [1.29, 1.82) is 0 Å². The topological polar surface area (TPSA) is 127 Å². The van der Waals surface area contributed by atoms with Crippen LogP contribution < -0.4 is 4.90 Å². The Balaban J connectivity index is 1.69. The van der Waals surface area contributed by atoms with Gasteiger partial charge in [0.05, 0.1) is 23.0 Å². The first kappa shape index (κ1) is 34.8. The van der Waals surface area contributed by atoms with Gasteiger partial charge in [-0.25, -0.2) is 13.2 Å². The normalized spacial score (nSPS) is 17.4. The Hall–Kier alpha value is -4.54. The van der Waals surface area contributed by atoms with Gasteiger partial charge < -0.3 is 19.3 Å². The van der Waals surface area contributed by atoms with Crippen LogP contribution in [0.15, 0.2) is 89.5 Å². The van der Waals surface area contributed by atoms with Crippen LogP contribution in [0.1, 0.15) is 80.4 Å². The molecule has 2 aliphatic heterocycles. The molecule has 0 spiro atoms. The number of allylic oxidation sites excluding steroid dienone is 4. The van der Waals surface area contributed by atoms with Crippen LogP contribution in [0.4, 0.5) is 11.4 Å². The van der Waals surface area contributed by atoms with Crippen molar-refractivity contribution in [2.75, 3.05) is 25.6 Å². The van der Waals surface area contributed by atoms with E-state index in [-0.39, 0.29) is 16.7 Å². The van der Waals surface area contributed by atoms with Crippen LogP contribution in [0.2, 0.25) is 0 Å². The van der Waals surface area contributed by atoms with Crippen molar-refractivity contribution in [3.63, 3.8) is 0 Å². The number of carbonyl (C=O) groups is 2. The van der Waals surface area contributed by atoms with Crippen molar-refractivity contribution in [2.24, 2.45) is 0 Å². The van der Waals surface area contributed by atoms with E-state index in [0.717, 1.165) is 39.5 Å². The van der Waals surface area contributed by atoms with Crippen molar-refractivity contribution < 1.29 is 37.0 Å². The van der Waals surface area contributed by atoms with Crippen LogP contribution in [0.5, 0.6) is 0 Å². The van der Waals surface area contributed by atoms with E-state index in [1.165, 1.54) is 24.8 Å². The lowest BCUT2D eigenvalue weighted by Gasteiger charge is -2.28. The number of ether oxygens (including phenoxy) is 1. The lowest BCUT2D eigenvalue weighted by Crippen LogP contribution is -2.28. The van der Waals surface area contributed by atoms with Gasteiger partial charge in [0.1, 0.15) is 17.2 Å². The Kier molecular flexibility index (Phi) is 9.54. The minimum Gasteiger partial charge on any atom is -0.744 e. The summed E-state index contributed by atoms with van der Waals surface area (Å²) in [6.45, 7) is 8.96. The lowest BCUT2D eigenvalue weighted by atomic mass is 9.79. The third kappa shape index (κ3) is 6.59. The number of esters is 1. The van der Waals surface area contributed by atoms with Crippen LogP contribution in [0.25, 0.3) is 5.57 Å². The number of hydrogen-bond donors (Lipinski definition) is 1. The molecule has 0 bridgehead atoms. The van der Waals surface area contributed by atoms with Crippen molar-refractivity contribution in [2.45, 2.75) is 69.1 Å². The minimum absolute atomic E-state index is 0.0915. The van der Waals surface area contributed by atoms with E-state index in [1.807, 2.05) is 45.2 Å². The largest absolute Gasteiger partial charge is 0.744 e. The van der Waals surface area contributed by atoms with Gasteiger partial charge in [-0.05, 0) is 79.8 Å². The summed E-state index contributed by atoms with van der Waals surface area (Å²) in [5, 5.41) is 9.12. The molecule has 3 aromatic rings. The average Bonchev–Trinajstić information content (AvgIpc) is 3.37. The molecular weight excluding hydrogens is 628 g/mol. The fourth-order valence-electron chi connectivity index (χ4n) is 6.91. The highest BCUT2D eigenvalue weighted by Gasteiger charge is 2.44. The number of aliphatic carboxylic acids is 1. The Labute approximate surface area is 282 Å². The highest BCUT2D eigenvalue weighted by Crippen LogP contribution is 2.49. The molecule has 2 heterocycles. The number of nitrogens with zero attached hydrogens (tertiary/aromatic N) is 2. The predicted molar refractivity (Wildman–Crippen MR) is 185 cm³/mol. The number of para-hydroxylation sites is 1. The molecule has 0 amide bonds. The van der Waals surface area contributed by atoms with Gasteiger partial charge in [-0.1, -0.05) is 50.6 Å². The third-order valence-electron chi connectivity index (χ3n) is 9.59. The van der Waals surface area contributed by atoms with Gasteiger partial charge in [-0.2, -0.15) is 4.58 Å². The molecular formula is C38H42N2O7S. The van der Waals surface area contributed by atoms with Gasteiger partial charge in [0.2, 0.25) is 5.69 Å². The zero-order valence-corrected chi connectivity index (χ0v) is 29.1. The van der Waals surface area contributed by atoms with Crippen molar-refractivity contribution in [3.8, 4) is 0 Å². The molecule has 2 aliphatic rings. The molecule has 3 aromatic carbocycles. The van der Waals surface area contributed by atoms with Crippen LogP contribution >= 0.6 is 0 Å². The molecule has 48 heavy (non-hydrogen) atoms. The molecule has 9 nitrogen and oxygen atoms in total. The highest BCUT2D eigenvalue weighted by atomic mass is 32.2. The number of carboxylic acids is 1. The van der Waals surface area contributed by atoms with Crippen molar-refractivity contribution in [1.82, 2.24) is 0 Å². The summed E-state index contributed by atoms with van der Waals surface area (Å²) in [5.41, 5.74) is 6.94. The SMILES string of the molecule is COC(=O)c1ccc(C(=C\C2=[N+](C)c3ccccc3C2(C)C)/C=C2\N(CCCCCC(=O)O)c3ccc(S(=O)(=O)[O-])cc3C2(C)C)cc1. The summed E-state index contributed by atoms with van der Waals surface area (Å²) in [6, 6.07) is 20.1. The first-order valence-corrected chi connectivity index (χ1v) is 17.4. The zero-order chi connectivity index (χ0) is 35.0. The molecule has 5 rings (SSSR count). The maximum absolute atomic E-state index is 12.3. The minimum atomic E-state index is -4.68. The summed E-state index contributed by atoms with van der Waals surface area (Å²) in [7, 11) is -1.29. The molecule has 252 valence electrons. The number of methoxy groups -OCH3 is 1. The number of carboxylic acid groups (broad SMARTS) is 1. The van der Waals surface area contributed by atoms with Gasteiger partial charge >= 0.3 is 11.9 Å². The summed E-state index contributed by atoms with van der Waals surface area (Å²) in [6.07, 6.45) is 6.31. The predicted octanol–water partition coefficient (Wildman–Crippen LogP) is 6.79. The number of rotatable bonds is 11. The van der Waals surface area contributed by atoms with E-state index in [2.05, 4.69) is 47.6 Å². The number of unbranched alkanes of at least 4 members (excludes halogenated alkanes) is 2. The van der Waals surface area contributed by atoms with Crippen LogP contribution in [0.3, 0.4) is 0 Å². The third-order valence-corrected chi connectivity index (χ3v) is 10.4. The fraction of sp³-hybridized carbons (Fsp3) is 0.342. The summed E-state index contributed by atoms with van der Waals surface area (Å²) < 4.78 is 43.3. The monoisotopic (exact) mass is 670 g/mol. The standard InChI is InChI=1S/C38H42N2O7S/c1-37(2)29-12-9-10-13-31(29)39(5)33(37)22-27(25-15-17-26(18-16-25)36(43)47-6)23-34-38(3,4)30-24-28(48(44,45)46)19-20-32(30)40(34)21-11-7-8-14-35(41)42/h9-10,12-13,15-20,22-24H,7-8,11,14,21H2,1-6H3,(H-,41,42,44,45,46). The summed E-state index contributed by atoms with van der Waals surface area (Å²) in [4.78, 5) is 25.3. The second kappa shape index (κ2) is 13.2. The zero-order valence-electron chi connectivity index (χ0n) is 28.2. The highest BCUT2D eigenvalue weighted by molar-refractivity contribution is 7.85. The molecule has 0 aromatic heterocycles. The first-order valence-electron chi connectivity index (χ1n) is 16.0. The van der Waals surface area contributed by atoms with E-state index in [4.69, 9.17) is 9.84 Å². The second-order valence-electron chi connectivity index (χ2n) is 13.4. The number of anilines is 1. The maximum Gasteiger partial charge on any atom is 0.337 e. The Morgan fingerprint density at radius 1 is 0.917 bits per heavy atom. The van der Waals surface area contributed by atoms with E-state index >= 15 is 0 Å².